The molecule has 3 heterocycles. The zero-order chi connectivity index (χ0) is 32.8. The Morgan fingerprint density at radius 1 is 1.00 bits per heavy atom. The van der Waals surface area contributed by atoms with E-state index in [1.165, 1.54) is 13.1 Å². The number of carbonyl (C=O) groups is 1. The third-order valence-electron chi connectivity index (χ3n) is 9.97. The van der Waals surface area contributed by atoms with Gasteiger partial charge in [-0.25, -0.2) is 4.72 Å². The van der Waals surface area contributed by atoms with Crippen molar-refractivity contribution in [3.63, 3.8) is 0 Å². The maximum atomic E-state index is 14.5. The van der Waals surface area contributed by atoms with Gasteiger partial charge in [-0.05, 0) is 62.2 Å². The fourth-order valence-electron chi connectivity index (χ4n) is 7.18. The summed E-state index contributed by atoms with van der Waals surface area (Å²) in [6.45, 7) is 4.97. The van der Waals surface area contributed by atoms with Crippen LogP contribution in [0.5, 0.6) is 5.75 Å². The second kappa shape index (κ2) is 12.8. The van der Waals surface area contributed by atoms with Crippen molar-refractivity contribution in [3.8, 4) is 17.0 Å². The van der Waals surface area contributed by atoms with E-state index in [9.17, 15) is 26.4 Å². The molecule has 13 heteroatoms. The van der Waals surface area contributed by atoms with Crippen molar-refractivity contribution < 1.29 is 31.1 Å². The SMILES string of the molecule is CCN1CCN(C)C2COc3c(cccc3C(F)(F)F)-c3c(C4CCCCC4)c4ccc(cc4n3C2)C(=O)NS(=O)(=O)N(C)CC1. The summed E-state index contributed by atoms with van der Waals surface area (Å²) in [5, 5.41) is 0.864. The van der Waals surface area contributed by atoms with Crippen molar-refractivity contribution in [2.45, 2.75) is 63.7 Å². The molecule has 3 aromatic rings. The predicted molar refractivity (Wildman–Crippen MR) is 171 cm³/mol. The molecule has 0 saturated heterocycles. The molecule has 1 N–H and O–H groups in total. The quantitative estimate of drug-likeness (QED) is 0.401. The molecule has 0 radical (unpaired) electrons. The molecule has 0 spiro atoms. The summed E-state index contributed by atoms with van der Waals surface area (Å²) in [5.74, 6) is -0.817. The largest absolute Gasteiger partial charge is 0.491 e. The van der Waals surface area contributed by atoms with Crippen LogP contribution in [0.15, 0.2) is 36.4 Å². The molecule has 1 unspecified atom stereocenters. The van der Waals surface area contributed by atoms with E-state index >= 15 is 0 Å². The monoisotopic (exact) mass is 661 g/mol. The zero-order valence-corrected chi connectivity index (χ0v) is 27.4. The number of ether oxygens (including phenoxy) is 1. The van der Waals surface area contributed by atoms with E-state index in [0.717, 1.165) is 53.4 Å². The average molecular weight is 662 g/mol. The Morgan fingerprint density at radius 2 is 1.74 bits per heavy atom. The molecule has 1 amide bonds. The van der Waals surface area contributed by atoms with Crippen LogP contribution in [-0.2, 0) is 22.9 Å². The number of alkyl halides is 3. The molecule has 6 rings (SSSR count). The van der Waals surface area contributed by atoms with Crippen molar-refractivity contribution in [2.75, 3.05) is 53.4 Å². The number of aromatic nitrogens is 1. The minimum absolute atomic E-state index is 0.0434. The lowest BCUT2D eigenvalue weighted by molar-refractivity contribution is -0.139. The Labute approximate surface area is 268 Å². The van der Waals surface area contributed by atoms with Gasteiger partial charge in [-0.3, -0.25) is 9.69 Å². The molecular weight excluding hydrogens is 619 g/mol. The number of nitrogens with one attached hydrogen (secondary N) is 1. The van der Waals surface area contributed by atoms with E-state index in [1.54, 1.807) is 18.2 Å². The highest BCUT2D eigenvalue weighted by Crippen LogP contribution is 2.50. The van der Waals surface area contributed by atoms with Gasteiger partial charge < -0.3 is 14.2 Å². The van der Waals surface area contributed by atoms with Crippen LogP contribution in [0.4, 0.5) is 13.2 Å². The second-order valence-electron chi connectivity index (χ2n) is 12.8. The van der Waals surface area contributed by atoms with Crippen molar-refractivity contribution >= 4 is 27.0 Å². The molecule has 2 aliphatic heterocycles. The van der Waals surface area contributed by atoms with E-state index in [0.29, 0.717) is 49.5 Å². The third kappa shape index (κ3) is 6.26. The standard InChI is InChI=1S/C33H42F3N5O4S/c1-4-40-17-15-38(2)24-20-41-28-19-23(32(42)37-46(43,44)39(3)16-18-40)13-14-25(28)29(22-9-6-5-7-10-22)30(41)26-11-8-12-27(33(34,35)36)31(26)45-21-24/h8,11-14,19,22,24H,4-7,9-10,15-18,20-21H2,1-3H3,(H,37,42). The molecule has 1 saturated carbocycles. The molecule has 1 aliphatic carbocycles. The highest BCUT2D eigenvalue weighted by atomic mass is 32.2. The van der Waals surface area contributed by atoms with E-state index < -0.39 is 27.9 Å². The summed E-state index contributed by atoms with van der Waals surface area (Å²) in [7, 11) is -0.716. The second-order valence-corrected chi connectivity index (χ2v) is 14.5. The average Bonchev–Trinajstić information content (AvgIpc) is 3.33. The number of para-hydroxylation sites is 1. The first-order valence-corrected chi connectivity index (χ1v) is 17.5. The van der Waals surface area contributed by atoms with Gasteiger partial charge in [0.1, 0.15) is 12.4 Å². The van der Waals surface area contributed by atoms with E-state index in [1.807, 2.05) is 20.0 Å². The van der Waals surface area contributed by atoms with Crippen LogP contribution >= 0.6 is 0 Å². The number of nitrogens with zero attached hydrogens (tertiary/aromatic N) is 4. The van der Waals surface area contributed by atoms with Crippen molar-refractivity contribution in [2.24, 2.45) is 0 Å². The van der Waals surface area contributed by atoms with Gasteiger partial charge >= 0.3 is 16.4 Å². The molecule has 46 heavy (non-hydrogen) atoms. The summed E-state index contributed by atoms with van der Waals surface area (Å²) in [4.78, 5) is 17.7. The summed E-state index contributed by atoms with van der Waals surface area (Å²) >= 11 is 0. The fraction of sp³-hybridized carbons (Fsp3) is 0.545. The van der Waals surface area contributed by atoms with Crippen LogP contribution in [0.25, 0.3) is 22.2 Å². The molecule has 1 fully saturated rings. The van der Waals surface area contributed by atoms with E-state index in [4.69, 9.17) is 4.74 Å². The Kier molecular flexibility index (Phi) is 9.14. The van der Waals surface area contributed by atoms with Crippen LogP contribution in [0.1, 0.15) is 66.4 Å². The first-order valence-electron chi connectivity index (χ1n) is 16.1. The van der Waals surface area contributed by atoms with Gasteiger partial charge in [0.2, 0.25) is 0 Å². The normalized spacial score (nSPS) is 22.7. The van der Waals surface area contributed by atoms with Crippen LogP contribution in [0.2, 0.25) is 0 Å². The Bertz CT molecular complexity index is 1720. The molecular formula is C33H42F3N5O4S. The molecule has 3 aliphatic rings. The smallest absolute Gasteiger partial charge is 0.419 e. The summed E-state index contributed by atoms with van der Waals surface area (Å²) in [5.41, 5.74) is 2.08. The maximum Gasteiger partial charge on any atom is 0.419 e. The van der Waals surface area contributed by atoms with E-state index in [-0.39, 0.29) is 36.4 Å². The Hall–Kier alpha value is -3.13. The minimum Gasteiger partial charge on any atom is -0.491 e. The van der Waals surface area contributed by atoms with Crippen molar-refractivity contribution in [3.05, 3.63) is 53.1 Å². The first kappa shape index (κ1) is 32.8. The minimum atomic E-state index is -4.62. The van der Waals surface area contributed by atoms with Crippen molar-refractivity contribution in [1.29, 1.82) is 0 Å². The number of amides is 1. The fourth-order valence-corrected chi connectivity index (χ4v) is 8.01. The highest BCUT2D eigenvalue weighted by Gasteiger charge is 2.39. The lowest BCUT2D eigenvalue weighted by atomic mass is 9.81. The highest BCUT2D eigenvalue weighted by molar-refractivity contribution is 7.87. The Balaban J connectivity index is 1.62. The number of carbonyl (C=O) groups excluding carboxylic acids is 1. The molecule has 1 atom stereocenters. The number of likely N-dealkylation sites (N-methyl/N-ethyl adjacent to an activating group) is 3. The van der Waals surface area contributed by atoms with Crippen LogP contribution in [0.3, 0.4) is 0 Å². The van der Waals surface area contributed by atoms with E-state index in [2.05, 4.69) is 19.1 Å². The van der Waals surface area contributed by atoms with Gasteiger partial charge in [0.05, 0.1) is 17.3 Å². The molecule has 4 bridgehead atoms. The third-order valence-corrected chi connectivity index (χ3v) is 11.4. The summed E-state index contributed by atoms with van der Waals surface area (Å²) in [6, 6.07) is 9.06. The number of benzene rings is 2. The topological polar surface area (TPSA) is 87.1 Å². The van der Waals surface area contributed by atoms with Gasteiger partial charge in [0.25, 0.3) is 5.91 Å². The number of halogens is 3. The van der Waals surface area contributed by atoms with Gasteiger partial charge in [-0.15, -0.1) is 0 Å². The van der Waals surface area contributed by atoms with Gasteiger partial charge in [-0.1, -0.05) is 38.3 Å². The van der Waals surface area contributed by atoms with Crippen LogP contribution in [0, 0.1) is 0 Å². The van der Waals surface area contributed by atoms with Gasteiger partial charge in [0, 0.05) is 61.8 Å². The number of hydrogen-bond acceptors (Lipinski definition) is 6. The molecule has 250 valence electrons. The summed E-state index contributed by atoms with van der Waals surface area (Å²) < 4.78 is 81.4. The molecule has 1 aromatic heterocycles. The number of fused-ring (bicyclic) bond motifs is 4. The van der Waals surface area contributed by atoms with Gasteiger partial charge in [-0.2, -0.15) is 25.9 Å². The molecule has 9 nitrogen and oxygen atoms in total. The number of hydrogen-bond donors (Lipinski definition) is 1. The lowest BCUT2D eigenvalue weighted by Gasteiger charge is -2.34. The van der Waals surface area contributed by atoms with Crippen molar-refractivity contribution in [1.82, 2.24) is 23.4 Å². The Morgan fingerprint density at radius 3 is 2.46 bits per heavy atom. The molecule has 2 aromatic carbocycles. The van der Waals surface area contributed by atoms with Crippen LogP contribution in [-0.4, -0.2) is 92.5 Å². The first-order chi connectivity index (χ1) is 21.9. The maximum absolute atomic E-state index is 14.5. The lowest BCUT2D eigenvalue weighted by Crippen LogP contribution is -2.47. The zero-order valence-electron chi connectivity index (χ0n) is 26.6. The predicted octanol–water partition coefficient (Wildman–Crippen LogP) is 5.31. The number of rotatable bonds is 2. The van der Waals surface area contributed by atoms with Crippen LogP contribution < -0.4 is 9.46 Å². The van der Waals surface area contributed by atoms with Gasteiger partial charge in [0.15, 0.2) is 0 Å². The summed E-state index contributed by atoms with van der Waals surface area (Å²) in [6.07, 6.45) is 0.348.